The summed E-state index contributed by atoms with van der Waals surface area (Å²) in [7, 11) is 0. The molecular formula is C10H13F2NO. The van der Waals surface area contributed by atoms with Gasteiger partial charge in [-0.05, 0) is 12.0 Å². The van der Waals surface area contributed by atoms with Crippen molar-refractivity contribution in [2.24, 2.45) is 5.73 Å². The standard InChI is InChI=1S/C10H13F2NO/c11-10(12)8-3-1-7(2-4-8)9(13)5-6-14/h1-4,9-10,14H,5-6,13H2. The summed E-state index contributed by atoms with van der Waals surface area (Å²) < 4.78 is 24.4. The average Bonchev–Trinajstić information content (AvgIpc) is 2.18. The predicted molar refractivity (Wildman–Crippen MR) is 50.0 cm³/mol. The second-order valence-electron chi connectivity index (χ2n) is 3.09. The molecule has 0 aliphatic carbocycles. The lowest BCUT2D eigenvalue weighted by Gasteiger charge is -2.10. The molecule has 0 radical (unpaired) electrons. The number of benzene rings is 1. The molecule has 1 atom stereocenters. The molecule has 14 heavy (non-hydrogen) atoms. The minimum atomic E-state index is -2.45. The SMILES string of the molecule is NC(CCO)c1ccc(C(F)F)cc1. The number of hydrogen-bond acceptors (Lipinski definition) is 2. The van der Waals surface area contributed by atoms with Crippen LogP contribution < -0.4 is 5.73 Å². The van der Waals surface area contributed by atoms with Gasteiger partial charge in [0.15, 0.2) is 0 Å². The number of rotatable bonds is 4. The summed E-state index contributed by atoms with van der Waals surface area (Å²) in [5, 5.41) is 8.64. The zero-order valence-electron chi connectivity index (χ0n) is 7.66. The van der Waals surface area contributed by atoms with Crippen LogP contribution >= 0.6 is 0 Å². The summed E-state index contributed by atoms with van der Waals surface area (Å²) in [6, 6.07) is 5.57. The van der Waals surface area contributed by atoms with Gasteiger partial charge in [0.2, 0.25) is 0 Å². The first kappa shape index (κ1) is 11.1. The molecule has 0 heterocycles. The maximum absolute atomic E-state index is 12.2. The third kappa shape index (κ3) is 2.75. The number of aliphatic hydroxyl groups is 1. The van der Waals surface area contributed by atoms with Gasteiger partial charge < -0.3 is 10.8 Å². The van der Waals surface area contributed by atoms with Crippen molar-refractivity contribution in [3.05, 3.63) is 35.4 Å². The number of hydrogen-bond donors (Lipinski definition) is 2. The topological polar surface area (TPSA) is 46.2 Å². The van der Waals surface area contributed by atoms with Gasteiger partial charge in [-0.2, -0.15) is 0 Å². The first-order chi connectivity index (χ1) is 6.65. The van der Waals surface area contributed by atoms with Gasteiger partial charge in [-0.1, -0.05) is 24.3 Å². The molecule has 2 nitrogen and oxygen atoms in total. The molecule has 0 bridgehead atoms. The van der Waals surface area contributed by atoms with E-state index in [0.29, 0.717) is 6.42 Å². The summed E-state index contributed by atoms with van der Waals surface area (Å²) >= 11 is 0. The first-order valence-electron chi connectivity index (χ1n) is 4.39. The van der Waals surface area contributed by atoms with Gasteiger partial charge in [0.1, 0.15) is 0 Å². The molecule has 0 aromatic heterocycles. The van der Waals surface area contributed by atoms with E-state index in [1.165, 1.54) is 12.1 Å². The molecule has 4 heteroatoms. The van der Waals surface area contributed by atoms with Crippen LogP contribution in [0.4, 0.5) is 8.78 Å². The zero-order chi connectivity index (χ0) is 10.6. The third-order valence-electron chi connectivity index (χ3n) is 2.06. The molecular weight excluding hydrogens is 188 g/mol. The van der Waals surface area contributed by atoms with Crippen molar-refractivity contribution in [2.75, 3.05) is 6.61 Å². The van der Waals surface area contributed by atoms with Crippen molar-refractivity contribution < 1.29 is 13.9 Å². The maximum atomic E-state index is 12.2. The molecule has 1 aromatic rings. The van der Waals surface area contributed by atoms with Crippen LogP contribution in [0.5, 0.6) is 0 Å². The Morgan fingerprint density at radius 3 is 2.07 bits per heavy atom. The van der Waals surface area contributed by atoms with Crippen molar-refractivity contribution in [1.82, 2.24) is 0 Å². The van der Waals surface area contributed by atoms with Crippen LogP contribution in [-0.4, -0.2) is 11.7 Å². The van der Waals surface area contributed by atoms with E-state index in [9.17, 15) is 8.78 Å². The van der Waals surface area contributed by atoms with Crippen LogP contribution in [0.25, 0.3) is 0 Å². The Kier molecular flexibility index (Phi) is 3.98. The number of halogens is 2. The van der Waals surface area contributed by atoms with Crippen LogP contribution in [0.15, 0.2) is 24.3 Å². The molecule has 3 N–H and O–H groups in total. The van der Waals surface area contributed by atoms with Crippen molar-refractivity contribution in [2.45, 2.75) is 18.9 Å². The number of nitrogens with two attached hydrogens (primary N) is 1. The highest BCUT2D eigenvalue weighted by Crippen LogP contribution is 2.21. The van der Waals surface area contributed by atoms with Gasteiger partial charge in [0, 0.05) is 18.2 Å². The van der Waals surface area contributed by atoms with Crippen molar-refractivity contribution >= 4 is 0 Å². The quantitative estimate of drug-likeness (QED) is 0.782. The van der Waals surface area contributed by atoms with Crippen LogP contribution in [0.1, 0.15) is 30.0 Å². The highest BCUT2D eigenvalue weighted by Gasteiger charge is 2.08. The van der Waals surface area contributed by atoms with E-state index in [1.54, 1.807) is 12.1 Å². The first-order valence-corrected chi connectivity index (χ1v) is 4.39. The van der Waals surface area contributed by atoms with Crippen molar-refractivity contribution in [3.8, 4) is 0 Å². The van der Waals surface area contributed by atoms with Gasteiger partial charge in [0.25, 0.3) is 6.43 Å². The van der Waals surface area contributed by atoms with Gasteiger partial charge in [0.05, 0.1) is 0 Å². The molecule has 0 saturated carbocycles. The van der Waals surface area contributed by atoms with Gasteiger partial charge in [-0.15, -0.1) is 0 Å². The van der Waals surface area contributed by atoms with Crippen LogP contribution in [0.3, 0.4) is 0 Å². The van der Waals surface area contributed by atoms with Crippen molar-refractivity contribution in [3.63, 3.8) is 0 Å². The Bertz CT molecular complexity index is 274. The van der Waals surface area contributed by atoms with E-state index in [2.05, 4.69) is 0 Å². The third-order valence-corrected chi connectivity index (χ3v) is 2.06. The second kappa shape index (κ2) is 5.02. The minimum Gasteiger partial charge on any atom is -0.396 e. The van der Waals surface area contributed by atoms with E-state index in [1.807, 2.05) is 0 Å². The van der Waals surface area contributed by atoms with Crippen molar-refractivity contribution in [1.29, 1.82) is 0 Å². The molecule has 78 valence electrons. The Hall–Kier alpha value is -1.00. The summed E-state index contributed by atoms with van der Waals surface area (Å²) in [6.45, 7) is -0.00222. The van der Waals surface area contributed by atoms with Crippen LogP contribution in [-0.2, 0) is 0 Å². The molecule has 0 amide bonds. The summed E-state index contributed by atoms with van der Waals surface area (Å²) in [6.07, 6.45) is -2.01. The Morgan fingerprint density at radius 1 is 1.14 bits per heavy atom. The summed E-state index contributed by atoms with van der Waals surface area (Å²) in [5.74, 6) is 0. The van der Waals surface area contributed by atoms with E-state index in [4.69, 9.17) is 10.8 Å². The fourth-order valence-electron chi connectivity index (χ4n) is 1.19. The smallest absolute Gasteiger partial charge is 0.263 e. The summed E-state index contributed by atoms with van der Waals surface area (Å²) in [4.78, 5) is 0. The van der Waals surface area contributed by atoms with Gasteiger partial charge >= 0.3 is 0 Å². The number of aliphatic hydroxyl groups excluding tert-OH is 1. The molecule has 1 aromatic carbocycles. The monoisotopic (exact) mass is 201 g/mol. The lowest BCUT2D eigenvalue weighted by atomic mass is 10.0. The lowest BCUT2D eigenvalue weighted by Crippen LogP contribution is -2.11. The fourth-order valence-corrected chi connectivity index (χ4v) is 1.19. The molecule has 1 rings (SSSR count). The lowest BCUT2D eigenvalue weighted by molar-refractivity contribution is 0.151. The Morgan fingerprint density at radius 2 is 1.64 bits per heavy atom. The normalized spacial score (nSPS) is 13.2. The van der Waals surface area contributed by atoms with Crippen LogP contribution in [0.2, 0.25) is 0 Å². The molecule has 1 unspecified atom stereocenters. The fraction of sp³-hybridized carbons (Fsp3) is 0.400. The van der Waals surface area contributed by atoms with Gasteiger partial charge in [-0.3, -0.25) is 0 Å². The van der Waals surface area contributed by atoms with Crippen LogP contribution in [0, 0.1) is 0 Å². The maximum Gasteiger partial charge on any atom is 0.263 e. The van der Waals surface area contributed by atoms with E-state index in [0.717, 1.165) is 5.56 Å². The van der Waals surface area contributed by atoms with E-state index in [-0.39, 0.29) is 18.2 Å². The largest absolute Gasteiger partial charge is 0.396 e. The highest BCUT2D eigenvalue weighted by molar-refractivity contribution is 5.25. The Labute approximate surface area is 81.4 Å². The second-order valence-corrected chi connectivity index (χ2v) is 3.09. The summed E-state index contributed by atoms with van der Waals surface area (Å²) in [5.41, 5.74) is 6.44. The number of alkyl halides is 2. The van der Waals surface area contributed by atoms with Gasteiger partial charge in [-0.25, -0.2) is 8.78 Å². The molecule has 0 aliphatic heterocycles. The molecule has 0 aliphatic rings. The molecule has 0 fully saturated rings. The predicted octanol–water partition coefficient (Wildman–Crippen LogP) is 2.01. The average molecular weight is 201 g/mol. The molecule has 0 saturated heterocycles. The van der Waals surface area contributed by atoms with E-state index < -0.39 is 6.43 Å². The zero-order valence-corrected chi connectivity index (χ0v) is 7.66. The highest BCUT2D eigenvalue weighted by atomic mass is 19.3. The molecule has 0 spiro atoms. The van der Waals surface area contributed by atoms with E-state index >= 15 is 0 Å². The Balaban J connectivity index is 2.72. The minimum absolute atomic E-state index is 0.00222.